The molecular weight excluding hydrogens is 274 g/mol. The number of amides is 2. The molecule has 5 heteroatoms. The lowest BCUT2D eigenvalue weighted by atomic mass is 10.1. The molecule has 1 aromatic carbocycles. The number of nitrogens with zero attached hydrogens (tertiary/aromatic N) is 1. The first-order valence-electron chi connectivity index (χ1n) is 6.39. The van der Waals surface area contributed by atoms with Crippen LogP contribution in [-0.2, 0) is 13.0 Å². The lowest BCUT2D eigenvalue weighted by Crippen LogP contribution is -2.36. The van der Waals surface area contributed by atoms with E-state index in [-0.39, 0.29) is 6.03 Å². The average Bonchev–Trinajstić information content (AvgIpc) is 2.46. The summed E-state index contributed by atoms with van der Waals surface area (Å²) in [6.45, 7) is 1.04. The number of carbonyl (C=O) groups excluding carboxylic acids is 1. The highest BCUT2D eigenvalue weighted by atomic mass is 35.5. The maximum Gasteiger partial charge on any atom is 0.315 e. The standard InChI is InChI=1S/C15H16ClN3O/c16-14-5-1-3-12(9-14)6-8-18-15(20)19-11-13-4-2-7-17-10-13/h1-5,7,9-10H,6,8,11H2,(H2,18,19,20). The van der Waals surface area contributed by atoms with Gasteiger partial charge in [0.1, 0.15) is 0 Å². The van der Waals surface area contributed by atoms with Gasteiger partial charge in [-0.2, -0.15) is 0 Å². The number of benzene rings is 1. The first-order chi connectivity index (χ1) is 9.74. The van der Waals surface area contributed by atoms with Crippen molar-refractivity contribution in [1.82, 2.24) is 15.6 Å². The second-order valence-corrected chi connectivity index (χ2v) is 4.79. The molecule has 0 radical (unpaired) electrons. The molecule has 104 valence electrons. The highest BCUT2D eigenvalue weighted by Gasteiger charge is 2.00. The van der Waals surface area contributed by atoms with Crippen LogP contribution in [0.25, 0.3) is 0 Å². The fourth-order valence-corrected chi connectivity index (χ4v) is 1.97. The number of aromatic nitrogens is 1. The van der Waals surface area contributed by atoms with Crippen LogP contribution >= 0.6 is 11.6 Å². The van der Waals surface area contributed by atoms with Crippen LogP contribution in [0.1, 0.15) is 11.1 Å². The molecule has 0 fully saturated rings. The molecular formula is C15H16ClN3O. The van der Waals surface area contributed by atoms with Crippen LogP contribution in [0.4, 0.5) is 4.79 Å². The lowest BCUT2D eigenvalue weighted by molar-refractivity contribution is 0.240. The van der Waals surface area contributed by atoms with Crippen LogP contribution < -0.4 is 10.6 Å². The topological polar surface area (TPSA) is 54.0 Å². The van der Waals surface area contributed by atoms with Gasteiger partial charge in [-0.15, -0.1) is 0 Å². The van der Waals surface area contributed by atoms with Gasteiger partial charge in [-0.1, -0.05) is 29.8 Å². The Kier molecular flexibility index (Phi) is 5.38. The Morgan fingerprint density at radius 1 is 1.15 bits per heavy atom. The van der Waals surface area contributed by atoms with E-state index in [0.29, 0.717) is 18.1 Å². The zero-order valence-electron chi connectivity index (χ0n) is 11.0. The number of carbonyl (C=O) groups is 1. The van der Waals surface area contributed by atoms with Gasteiger partial charge in [-0.3, -0.25) is 4.98 Å². The molecule has 1 heterocycles. The Balaban J connectivity index is 1.68. The minimum Gasteiger partial charge on any atom is -0.338 e. The van der Waals surface area contributed by atoms with Crippen molar-refractivity contribution in [2.45, 2.75) is 13.0 Å². The maximum absolute atomic E-state index is 11.6. The Morgan fingerprint density at radius 2 is 2.00 bits per heavy atom. The molecule has 0 aliphatic rings. The zero-order chi connectivity index (χ0) is 14.2. The minimum absolute atomic E-state index is 0.184. The van der Waals surface area contributed by atoms with Crippen LogP contribution in [-0.4, -0.2) is 17.6 Å². The normalized spacial score (nSPS) is 10.1. The van der Waals surface area contributed by atoms with Crippen LogP contribution in [0.15, 0.2) is 48.8 Å². The third kappa shape index (κ3) is 4.90. The fraction of sp³-hybridized carbons (Fsp3) is 0.200. The van der Waals surface area contributed by atoms with Gasteiger partial charge in [0.15, 0.2) is 0 Å². The molecule has 2 aromatic rings. The molecule has 0 aliphatic carbocycles. The van der Waals surface area contributed by atoms with Crippen molar-refractivity contribution in [1.29, 1.82) is 0 Å². The van der Waals surface area contributed by atoms with Crippen LogP contribution in [0.5, 0.6) is 0 Å². The second-order valence-electron chi connectivity index (χ2n) is 4.35. The minimum atomic E-state index is -0.184. The van der Waals surface area contributed by atoms with Crippen LogP contribution in [0.3, 0.4) is 0 Å². The molecule has 20 heavy (non-hydrogen) atoms. The number of rotatable bonds is 5. The SMILES string of the molecule is O=C(NCCc1cccc(Cl)c1)NCc1cccnc1. The highest BCUT2D eigenvalue weighted by molar-refractivity contribution is 6.30. The van der Waals surface area contributed by atoms with Gasteiger partial charge in [0.05, 0.1) is 0 Å². The number of nitrogens with one attached hydrogen (secondary N) is 2. The van der Waals surface area contributed by atoms with E-state index in [1.54, 1.807) is 12.4 Å². The lowest BCUT2D eigenvalue weighted by Gasteiger charge is -2.07. The zero-order valence-corrected chi connectivity index (χ0v) is 11.7. The summed E-state index contributed by atoms with van der Waals surface area (Å²) in [5.74, 6) is 0. The summed E-state index contributed by atoms with van der Waals surface area (Å²) in [5, 5.41) is 6.30. The highest BCUT2D eigenvalue weighted by Crippen LogP contribution is 2.10. The van der Waals surface area contributed by atoms with E-state index in [2.05, 4.69) is 15.6 Å². The van der Waals surface area contributed by atoms with Gasteiger partial charge in [-0.25, -0.2) is 4.79 Å². The summed E-state index contributed by atoms with van der Waals surface area (Å²) in [4.78, 5) is 15.6. The quantitative estimate of drug-likeness (QED) is 0.889. The van der Waals surface area contributed by atoms with E-state index in [0.717, 1.165) is 17.5 Å². The molecule has 0 aliphatic heterocycles. The molecule has 2 N–H and O–H groups in total. The van der Waals surface area contributed by atoms with Gasteiger partial charge < -0.3 is 10.6 Å². The van der Waals surface area contributed by atoms with Gasteiger partial charge in [0.25, 0.3) is 0 Å². The van der Waals surface area contributed by atoms with Gasteiger partial charge in [-0.05, 0) is 35.7 Å². The largest absolute Gasteiger partial charge is 0.338 e. The van der Waals surface area contributed by atoms with E-state index < -0.39 is 0 Å². The third-order valence-electron chi connectivity index (χ3n) is 2.76. The molecule has 0 bridgehead atoms. The Hall–Kier alpha value is -2.07. The van der Waals surface area contributed by atoms with E-state index in [1.807, 2.05) is 36.4 Å². The predicted octanol–water partition coefficient (Wildman–Crippen LogP) is 2.78. The summed E-state index contributed by atoms with van der Waals surface area (Å²) in [6.07, 6.45) is 4.18. The summed E-state index contributed by atoms with van der Waals surface area (Å²) in [7, 11) is 0. The van der Waals surface area contributed by atoms with Crippen molar-refractivity contribution in [2.75, 3.05) is 6.54 Å². The van der Waals surface area contributed by atoms with Crippen molar-refractivity contribution in [2.24, 2.45) is 0 Å². The maximum atomic E-state index is 11.6. The van der Waals surface area contributed by atoms with Crippen LogP contribution in [0.2, 0.25) is 5.02 Å². The average molecular weight is 290 g/mol. The van der Waals surface area contributed by atoms with Crippen molar-refractivity contribution in [3.63, 3.8) is 0 Å². The number of hydrogen-bond donors (Lipinski definition) is 2. The Labute approximate surface area is 123 Å². The number of pyridine rings is 1. The number of halogens is 1. The summed E-state index contributed by atoms with van der Waals surface area (Å²) in [5.41, 5.74) is 2.07. The molecule has 0 saturated carbocycles. The van der Waals surface area contributed by atoms with Gasteiger partial charge in [0.2, 0.25) is 0 Å². The smallest absolute Gasteiger partial charge is 0.315 e. The Morgan fingerprint density at radius 3 is 2.75 bits per heavy atom. The molecule has 4 nitrogen and oxygen atoms in total. The van der Waals surface area contributed by atoms with E-state index in [9.17, 15) is 4.79 Å². The number of urea groups is 1. The van der Waals surface area contributed by atoms with Crippen molar-refractivity contribution in [3.05, 3.63) is 64.9 Å². The van der Waals surface area contributed by atoms with E-state index in [1.165, 1.54) is 0 Å². The Bertz CT molecular complexity index is 560. The van der Waals surface area contributed by atoms with Crippen molar-refractivity contribution in [3.8, 4) is 0 Å². The molecule has 1 aromatic heterocycles. The summed E-state index contributed by atoms with van der Waals surface area (Å²) < 4.78 is 0. The molecule has 0 atom stereocenters. The monoisotopic (exact) mass is 289 g/mol. The molecule has 0 spiro atoms. The molecule has 0 saturated heterocycles. The first kappa shape index (κ1) is 14.3. The second kappa shape index (κ2) is 7.50. The van der Waals surface area contributed by atoms with E-state index in [4.69, 9.17) is 11.6 Å². The third-order valence-corrected chi connectivity index (χ3v) is 3.00. The summed E-state index contributed by atoms with van der Waals surface area (Å²) in [6, 6.07) is 11.2. The molecule has 2 rings (SSSR count). The predicted molar refractivity (Wildman–Crippen MR) is 79.6 cm³/mol. The first-order valence-corrected chi connectivity index (χ1v) is 6.77. The molecule has 2 amide bonds. The fourth-order valence-electron chi connectivity index (χ4n) is 1.76. The van der Waals surface area contributed by atoms with Crippen molar-refractivity contribution >= 4 is 17.6 Å². The van der Waals surface area contributed by atoms with Crippen LogP contribution in [0, 0.1) is 0 Å². The van der Waals surface area contributed by atoms with Crippen molar-refractivity contribution < 1.29 is 4.79 Å². The van der Waals surface area contributed by atoms with Gasteiger partial charge in [0, 0.05) is 30.5 Å². The van der Waals surface area contributed by atoms with E-state index >= 15 is 0 Å². The summed E-state index contributed by atoms with van der Waals surface area (Å²) >= 11 is 5.90. The molecule has 0 unspecified atom stereocenters. The number of hydrogen-bond acceptors (Lipinski definition) is 2. The van der Waals surface area contributed by atoms with Gasteiger partial charge >= 0.3 is 6.03 Å².